The van der Waals surface area contributed by atoms with Crippen LogP contribution >= 0.6 is 23.2 Å². The van der Waals surface area contributed by atoms with Crippen molar-refractivity contribution in [1.29, 1.82) is 0 Å². The number of aliphatic hydroxyl groups is 1. The van der Waals surface area contributed by atoms with Crippen molar-refractivity contribution >= 4 is 34.8 Å². The number of Topliss-reactive ketones (excluding diaryl/α,β-unsaturated/α-hetero) is 1. The number of rotatable bonds is 1. The molecule has 4 aliphatic carbocycles. The standard InChI is InChI=1S/C22H28Cl2O3/c1-12-9-17-16-6-5-14-10-15(26)7-8-19(14,3)21(16,24)18(23)11-20(17,4)22(12,27)13(2)25/h7-8,10,12,16-18,27H,5-6,9,11H2,1-4H3/t12-,16-,17-,18-,19-,20-,21-,22-/m0/s1. The third-order valence-corrected chi connectivity index (χ3v) is 10.3. The smallest absolute Gasteiger partial charge is 0.178 e. The number of hydrogen-bond donors (Lipinski definition) is 1. The lowest BCUT2D eigenvalue weighted by atomic mass is 9.46. The molecular weight excluding hydrogens is 383 g/mol. The van der Waals surface area contributed by atoms with Gasteiger partial charge in [0.15, 0.2) is 11.6 Å². The van der Waals surface area contributed by atoms with E-state index < -0.39 is 26.7 Å². The minimum atomic E-state index is -1.36. The first-order valence-electron chi connectivity index (χ1n) is 9.93. The van der Waals surface area contributed by atoms with Gasteiger partial charge in [0.2, 0.25) is 0 Å². The Kier molecular flexibility index (Phi) is 4.16. The maximum atomic E-state index is 12.5. The summed E-state index contributed by atoms with van der Waals surface area (Å²) in [4.78, 5) is 23.7. The molecule has 0 heterocycles. The summed E-state index contributed by atoms with van der Waals surface area (Å²) in [6.45, 7) is 7.59. The van der Waals surface area contributed by atoms with Gasteiger partial charge in [-0.3, -0.25) is 9.59 Å². The first-order valence-corrected chi connectivity index (χ1v) is 10.7. The Morgan fingerprint density at radius 3 is 2.59 bits per heavy atom. The summed E-state index contributed by atoms with van der Waals surface area (Å²) in [7, 11) is 0. The van der Waals surface area contributed by atoms with Crippen LogP contribution in [0.15, 0.2) is 23.8 Å². The zero-order valence-corrected chi connectivity index (χ0v) is 17.9. The first kappa shape index (κ1) is 19.7. The first-order chi connectivity index (χ1) is 12.4. The van der Waals surface area contributed by atoms with Crippen molar-refractivity contribution in [2.24, 2.45) is 28.6 Å². The summed E-state index contributed by atoms with van der Waals surface area (Å²) in [6.07, 6.45) is 8.16. The molecule has 3 nitrogen and oxygen atoms in total. The molecule has 0 aromatic heterocycles. The molecule has 5 heteroatoms. The van der Waals surface area contributed by atoms with Gasteiger partial charge >= 0.3 is 0 Å². The number of carbonyl (C=O) groups is 2. The zero-order chi connectivity index (χ0) is 20.0. The molecule has 4 rings (SSSR count). The van der Waals surface area contributed by atoms with E-state index in [2.05, 4.69) is 6.92 Å². The Bertz CT molecular complexity index is 788. The number of fused-ring (bicyclic) bond motifs is 5. The van der Waals surface area contributed by atoms with Crippen molar-refractivity contribution in [2.45, 2.75) is 69.2 Å². The highest BCUT2D eigenvalue weighted by atomic mass is 35.5. The van der Waals surface area contributed by atoms with Crippen LogP contribution in [-0.2, 0) is 9.59 Å². The van der Waals surface area contributed by atoms with Crippen molar-refractivity contribution in [3.8, 4) is 0 Å². The SMILES string of the molecule is CC(=O)[C@@]1(O)[C@@H](C)C[C@H]2[C@@H]3CCC4=CC(=O)C=C[C@]4(C)[C@@]3(Cl)[C@@H](Cl)C[C@@]21C. The molecule has 0 aromatic carbocycles. The molecule has 0 unspecified atom stereocenters. The van der Waals surface area contributed by atoms with Gasteiger partial charge in [0.25, 0.3) is 0 Å². The molecule has 0 radical (unpaired) electrons. The maximum absolute atomic E-state index is 12.5. The van der Waals surface area contributed by atoms with E-state index in [0.29, 0.717) is 6.42 Å². The van der Waals surface area contributed by atoms with Crippen LogP contribution < -0.4 is 0 Å². The maximum Gasteiger partial charge on any atom is 0.178 e. The molecule has 1 N–H and O–H groups in total. The highest BCUT2D eigenvalue weighted by Crippen LogP contribution is 2.72. The summed E-state index contributed by atoms with van der Waals surface area (Å²) in [5.41, 5.74) is -1.37. The lowest BCUT2D eigenvalue weighted by Crippen LogP contribution is -2.67. The fourth-order valence-corrected chi connectivity index (χ4v) is 8.46. The van der Waals surface area contributed by atoms with Crippen LogP contribution in [0.4, 0.5) is 0 Å². The van der Waals surface area contributed by atoms with Crippen LogP contribution in [-0.4, -0.2) is 32.5 Å². The predicted molar refractivity (Wildman–Crippen MR) is 107 cm³/mol. The van der Waals surface area contributed by atoms with Gasteiger partial charge in [0.1, 0.15) is 5.60 Å². The Morgan fingerprint density at radius 1 is 1.30 bits per heavy atom. The van der Waals surface area contributed by atoms with E-state index >= 15 is 0 Å². The van der Waals surface area contributed by atoms with E-state index in [9.17, 15) is 14.7 Å². The van der Waals surface area contributed by atoms with Crippen molar-refractivity contribution < 1.29 is 14.7 Å². The van der Waals surface area contributed by atoms with Gasteiger partial charge in [-0.05, 0) is 62.5 Å². The monoisotopic (exact) mass is 410 g/mol. The van der Waals surface area contributed by atoms with Crippen LogP contribution in [0, 0.1) is 28.6 Å². The molecule has 4 aliphatic rings. The molecule has 0 spiro atoms. The molecule has 0 bridgehead atoms. The summed E-state index contributed by atoms with van der Waals surface area (Å²) in [6, 6.07) is 0. The Hall–Kier alpha value is -0.640. The highest BCUT2D eigenvalue weighted by molar-refractivity contribution is 6.34. The molecule has 0 amide bonds. The van der Waals surface area contributed by atoms with Crippen LogP contribution in [0.2, 0.25) is 0 Å². The number of carbonyl (C=O) groups excluding carboxylic acids is 2. The average molecular weight is 411 g/mol. The summed E-state index contributed by atoms with van der Waals surface area (Å²) in [5, 5.41) is 11.1. The van der Waals surface area contributed by atoms with E-state index in [-0.39, 0.29) is 29.3 Å². The molecular formula is C22H28Cl2O3. The van der Waals surface area contributed by atoms with Gasteiger partial charge in [-0.15, -0.1) is 23.2 Å². The molecule has 3 fully saturated rings. The Balaban J connectivity index is 1.85. The fourth-order valence-electron chi connectivity index (χ4n) is 7.23. The topological polar surface area (TPSA) is 54.4 Å². The lowest BCUT2D eigenvalue weighted by molar-refractivity contribution is -0.162. The fraction of sp³-hybridized carbons (Fsp3) is 0.727. The van der Waals surface area contributed by atoms with Crippen LogP contribution in [0.25, 0.3) is 0 Å². The van der Waals surface area contributed by atoms with E-state index in [1.165, 1.54) is 6.92 Å². The average Bonchev–Trinajstić information content (AvgIpc) is 2.79. The molecule has 27 heavy (non-hydrogen) atoms. The second kappa shape index (κ2) is 5.70. The largest absolute Gasteiger partial charge is 0.381 e. The van der Waals surface area contributed by atoms with Gasteiger partial charge in [0, 0.05) is 10.8 Å². The number of halogens is 2. The van der Waals surface area contributed by atoms with Crippen LogP contribution in [0.1, 0.15) is 53.4 Å². The molecule has 0 aromatic rings. The number of hydrogen-bond acceptors (Lipinski definition) is 3. The third-order valence-electron chi connectivity index (χ3n) is 8.72. The molecule has 0 aliphatic heterocycles. The third kappa shape index (κ3) is 2.09. The summed E-state index contributed by atoms with van der Waals surface area (Å²) in [5.74, 6) is -0.0826. The molecule has 0 saturated heterocycles. The van der Waals surface area contributed by atoms with Crippen molar-refractivity contribution in [3.05, 3.63) is 23.8 Å². The number of allylic oxidation sites excluding steroid dienone is 4. The zero-order valence-electron chi connectivity index (χ0n) is 16.4. The van der Waals surface area contributed by atoms with Gasteiger partial charge in [-0.1, -0.05) is 32.4 Å². The molecule has 8 atom stereocenters. The van der Waals surface area contributed by atoms with Gasteiger partial charge in [-0.2, -0.15) is 0 Å². The second-order valence-corrected chi connectivity index (χ2v) is 10.8. The van der Waals surface area contributed by atoms with Crippen molar-refractivity contribution in [1.82, 2.24) is 0 Å². The van der Waals surface area contributed by atoms with Crippen LogP contribution in [0.3, 0.4) is 0 Å². The highest BCUT2D eigenvalue weighted by Gasteiger charge is 2.74. The van der Waals surface area contributed by atoms with Gasteiger partial charge in [-0.25, -0.2) is 0 Å². The second-order valence-electron chi connectivity index (χ2n) is 9.68. The Morgan fingerprint density at radius 2 is 1.96 bits per heavy atom. The molecule has 148 valence electrons. The lowest BCUT2D eigenvalue weighted by Gasteiger charge is -2.63. The Labute approximate surface area is 171 Å². The van der Waals surface area contributed by atoms with E-state index in [1.54, 1.807) is 12.2 Å². The van der Waals surface area contributed by atoms with E-state index in [4.69, 9.17) is 23.2 Å². The minimum absolute atomic E-state index is 0.00778. The van der Waals surface area contributed by atoms with Gasteiger partial charge in [0.05, 0.1) is 10.3 Å². The minimum Gasteiger partial charge on any atom is -0.381 e. The number of alkyl halides is 2. The van der Waals surface area contributed by atoms with Crippen LogP contribution in [0.5, 0.6) is 0 Å². The number of ketones is 2. The normalized spacial score (nSPS) is 54.0. The summed E-state index contributed by atoms with van der Waals surface area (Å²) >= 11 is 14.4. The molecule has 3 saturated carbocycles. The predicted octanol–water partition coefficient (Wildman–Crippen LogP) is 4.44. The van der Waals surface area contributed by atoms with E-state index in [0.717, 1.165) is 24.8 Å². The van der Waals surface area contributed by atoms with Gasteiger partial charge < -0.3 is 5.11 Å². The van der Waals surface area contributed by atoms with Crippen molar-refractivity contribution in [2.75, 3.05) is 0 Å². The summed E-state index contributed by atoms with van der Waals surface area (Å²) < 4.78 is 0. The quantitative estimate of drug-likeness (QED) is 0.649. The van der Waals surface area contributed by atoms with Crippen molar-refractivity contribution in [3.63, 3.8) is 0 Å². The van der Waals surface area contributed by atoms with E-state index in [1.807, 2.05) is 19.9 Å².